The van der Waals surface area contributed by atoms with Crippen LogP contribution in [0.2, 0.25) is 0 Å². The number of imide groups is 1. The first kappa shape index (κ1) is 22.5. The third kappa shape index (κ3) is 6.97. The molecule has 0 atom stereocenters. The molecule has 1 aromatic carbocycles. The van der Waals surface area contributed by atoms with Gasteiger partial charge in [0.1, 0.15) is 0 Å². The Labute approximate surface area is 168 Å². The number of nitrogens with zero attached hydrogens (tertiary/aromatic N) is 1. The van der Waals surface area contributed by atoms with Crippen LogP contribution in [0.15, 0.2) is 35.2 Å². The van der Waals surface area contributed by atoms with Crippen molar-refractivity contribution >= 4 is 34.1 Å². The van der Waals surface area contributed by atoms with Crippen LogP contribution in [0.5, 0.6) is 0 Å². The summed E-state index contributed by atoms with van der Waals surface area (Å²) in [6.07, 6.45) is 1.58. The van der Waals surface area contributed by atoms with Crippen molar-refractivity contribution in [1.82, 2.24) is 9.62 Å². The highest BCUT2D eigenvalue weighted by Gasteiger charge is 2.25. The fourth-order valence-electron chi connectivity index (χ4n) is 2.35. The number of ether oxygens (including phenoxy) is 3. The molecule has 1 fully saturated rings. The lowest BCUT2D eigenvalue weighted by atomic mass is 10.2. The summed E-state index contributed by atoms with van der Waals surface area (Å²) in [7, 11) is -3.59. The van der Waals surface area contributed by atoms with Gasteiger partial charge in [0.25, 0.3) is 5.91 Å². The summed E-state index contributed by atoms with van der Waals surface area (Å²) in [5, 5.41) is 1.89. The van der Waals surface area contributed by atoms with E-state index in [0.717, 1.165) is 6.08 Å². The van der Waals surface area contributed by atoms with Crippen molar-refractivity contribution in [2.24, 2.45) is 0 Å². The van der Waals surface area contributed by atoms with Crippen LogP contribution in [0.4, 0.5) is 4.79 Å². The Balaban J connectivity index is 1.87. The zero-order chi connectivity index (χ0) is 21.3. The number of amides is 2. The Kier molecular flexibility index (Phi) is 8.31. The molecule has 2 rings (SSSR count). The molecule has 1 aliphatic heterocycles. The van der Waals surface area contributed by atoms with Crippen molar-refractivity contribution in [2.75, 3.05) is 39.5 Å². The van der Waals surface area contributed by atoms with Crippen molar-refractivity contribution < 1.29 is 37.0 Å². The molecule has 0 spiro atoms. The lowest BCUT2D eigenvalue weighted by molar-refractivity contribution is -0.143. The fourth-order valence-corrected chi connectivity index (χ4v) is 3.76. The van der Waals surface area contributed by atoms with Gasteiger partial charge in [-0.3, -0.25) is 10.1 Å². The van der Waals surface area contributed by atoms with Crippen LogP contribution in [0, 0.1) is 0 Å². The normalized spacial score (nSPS) is 15.1. The third-order valence-electron chi connectivity index (χ3n) is 3.76. The van der Waals surface area contributed by atoms with Crippen LogP contribution in [0.3, 0.4) is 0 Å². The first-order valence-corrected chi connectivity index (χ1v) is 10.3. The molecule has 0 radical (unpaired) electrons. The Morgan fingerprint density at radius 3 is 2.41 bits per heavy atom. The van der Waals surface area contributed by atoms with E-state index in [1.54, 1.807) is 19.1 Å². The average Bonchev–Trinajstić information content (AvgIpc) is 2.72. The molecule has 0 saturated carbocycles. The number of esters is 1. The molecule has 1 N–H and O–H groups in total. The first-order valence-electron chi connectivity index (χ1n) is 8.82. The predicted molar refractivity (Wildman–Crippen MR) is 101 cm³/mol. The number of nitrogens with one attached hydrogen (secondary N) is 1. The van der Waals surface area contributed by atoms with E-state index in [1.165, 1.54) is 22.5 Å². The number of morpholine rings is 1. The number of carbonyl (C=O) groups is 3. The monoisotopic (exact) mass is 426 g/mol. The van der Waals surface area contributed by atoms with Crippen molar-refractivity contribution in [3.05, 3.63) is 35.9 Å². The molecule has 29 heavy (non-hydrogen) atoms. The lowest BCUT2D eigenvalue weighted by Crippen LogP contribution is -2.40. The second-order valence-electron chi connectivity index (χ2n) is 5.80. The van der Waals surface area contributed by atoms with Crippen LogP contribution in [-0.4, -0.2) is 70.2 Å². The average molecular weight is 426 g/mol. The molecule has 11 heteroatoms. The van der Waals surface area contributed by atoms with Crippen molar-refractivity contribution in [3.63, 3.8) is 0 Å². The van der Waals surface area contributed by atoms with Crippen molar-refractivity contribution in [3.8, 4) is 0 Å². The number of rotatable bonds is 7. The summed E-state index contributed by atoms with van der Waals surface area (Å²) < 4.78 is 40.8. The van der Waals surface area contributed by atoms with Gasteiger partial charge in [0.15, 0.2) is 6.61 Å². The second kappa shape index (κ2) is 10.7. The van der Waals surface area contributed by atoms with Gasteiger partial charge in [0.05, 0.1) is 24.7 Å². The maximum absolute atomic E-state index is 12.5. The Morgan fingerprint density at radius 2 is 1.79 bits per heavy atom. The van der Waals surface area contributed by atoms with E-state index >= 15 is 0 Å². The zero-order valence-corrected chi connectivity index (χ0v) is 16.6. The smallest absolute Gasteiger partial charge is 0.413 e. The molecule has 1 aromatic rings. The number of benzene rings is 1. The molecule has 0 aliphatic carbocycles. The number of hydrogen-bond acceptors (Lipinski definition) is 8. The highest BCUT2D eigenvalue weighted by molar-refractivity contribution is 7.89. The van der Waals surface area contributed by atoms with E-state index < -0.39 is 34.6 Å². The van der Waals surface area contributed by atoms with Crippen molar-refractivity contribution in [2.45, 2.75) is 11.8 Å². The van der Waals surface area contributed by atoms with Crippen LogP contribution >= 0.6 is 0 Å². The van der Waals surface area contributed by atoms with Gasteiger partial charge in [-0.05, 0) is 30.7 Å². The highest BCUT2D eigenvalue weighted by Crippen LogP contribution is 2.18. The lowest BCUT2D eigenvalue weighted by Gasteiger charge is -2.26. The third-order valence-corrected chi connectivity index (χ3v) is 5.68. The maximum Gasteiger partial charge on any atom is 0.413 e. The van der Waals surface area contributed by atoms with Crippen LogP contribution < -0.4 is 5.32 Å². The van der Waals surface area contributed by atoms with Gasteiger partial charge in [-0.25, -0.2) is 18.0 Å². The summed E-state index contributed by atoms with van der Waals surface area (Å²) in [6.45, 7) is 2.38. The first-order chi connectivity index (χ1) is 13.8. The van der Waals surface area contributed by atoms with Gasteiger partial charge < -0.3 is 14.2 Å². The molecule has 10 nitrogen and oxygen atoms in total. The van der Waals surface area contributed by atoms with Crippen molar-refractivity contribution in [1.29, 1.82) is 0 Å². The predicted octanol–water partition coefficient (Wildman–Crippen LogP) is 0.537. The maximum atomic E-state index is 12.5. The topological polar surface area (TPSA) is 128 Å². The minimum atomic E-state index is -3.59. The van der Waals surface area contributed by atoms with Gasteiger partial charge in [0, 0.05) is 19.2 Å². The summed E-state index contributed by atoms with van der Waals surface area (Å²) in [6, 6.07) is 5.99. The molecule has 2 amide bonds. The Morgan fingerprint density at radius 1 is 1.14 bits per heavy atom. The van der Waals surface area contributed by atoms with E-state index in [9.17, 15) is 22.8 Å². The summed E-state index contributed by atoms with van der Waals surface area (Å²) >= 11 is 0. The molecule has 1 heterocycles. The summed E-state index contributed by atoms with van der Waals surface area (Å²) in [5.74, 6) is -1.61. The molecular weight excluding hydrogens is 404 g/mol. The van der Waals surface area contributed by atoms with Crippen LogP contribution in [0.25, 0.3) is 6.08 Å². The number of hydrogen-bond donors (Lipinski definition) is 1. The summed E-state index contributed by atoms with van der Waals surface area (Å²) in [5.41, 5.74) is 0.568. The molecule has 158 valence electrons. The Hall–Kier alpha value is -2.76. The van der Waals surface area contributed by atoms with Crippen LogP contribution in [-0.2, 0) is 33.8 Å². The van der Waals surface area contributed by atoms with Gasteiger partial charge in [-0.2, -0.15) is 4.31 Å². The minimum absolute atomic E-state index is 0.105. The molecule has 0 bridgehead atoms. The van der Waals surface area contributed by atoms with E-state index in [0.29, 0.717) is 31.9 Å². The van der Waals surface area contributed by atoms with E-state index in [2.05, 4.69) is 4.74 Å². The quantitative estimate of drug-likeness (QED) is 0.494. The number of sulfonamides is 1. The molecule has 1 saturated heterocycles. The highest BCUT2D eigenvalue weighted by atomic mass is 32.2. The SMILES string of the molecule is CCOC(=O)NC(=O)COC(=O)C=Cc1ccc(S(=O)(=O)N2CCOCC2)cc1. The molecule has 0 unspecified atom stereocenters. The van der Waals surface area contributed by atoms with Gasteiger partial charge in [-0.15, -0.1) is 0 Å². The molecule has 0 aromatic heterocycles. The van der Waals surface area contributed by atoms with E-state index in [1.807, 2.05) is 5.32 Å². The van der Waals surface area contributed by atoms with E-state index in [4.69, 9.17) is 9.47 Å². The summed E-state index contributed by atoms with van der Waals surface area (Å²) in [4.78, 5) is 34.2. The number of alkyl carbamates (subject to hydrolysis) is 1. The van der Waals surface area contributed by atoms with E-state index in [-0.39, 0.29) is 11.5 Å². The van der Waals surface area contributed by atoms with Gasteiger partial charge >= 0.3 is 12.1 Å². The fraction of sp³-hybridized carbons (Fsp3) is 0.389. The van der Waals surface area contributed by atoms with Crippen LogP contribution in [0.1, 0.15) is 12.5 Å². The minimum Gasteiger partial charge on any atom is -0.452 e. The standard InChI is InChI=1S/C18H22N2O8S/c1-2-27-18(23)19-16(21)13-28-17(22)8-5-14-3-6-15(7-4-14)29(24,25)20-9-11-26-12-10-20/h3-8H,2,9-13H2,1H3,(H,19,21,23). The Bertz CT molecular complexity index is 858. The second-order valence-corrected chi connectivity index (χ2v) is 7.73. The largest absolute Gasteiger partial charge is 0.452 e. The zero-order valence-electron chi connectivity index (χ0n) is 15.8. The number of carbonyl (C=O) groups excluding carboxylic acids is 3. The van der Waals surface area contributed by atoms with Gasteiger partial charge in [-0.1, -0.05) is 12.1 Å². The molecular formula is C18H22N2O8S. The molecule has 1 aliphatic rings. The van der Waals surface area contributed by atoms with Gasteiger partial charge in [0.2, 0.25) is 10.0 Å².